The van der Waals surface area contributed by atoms with Gasteiger partial charge in [0.05, 0.1) is 25.5 Å². The lowest BCUT2D eigenvalue weighted by Gasteiger charge is -2.16. The Hall–Kier alpha value is -3.65. The number of amides is 2. The average Bonchev–Trinajstić information content (AvgIpc) is 3.27. The van der Waals surface area contributed by atoms with Crippen molar-refractivity contribution < 1.29 is 23.9 Å². The molecule has 1 saturated heterocycles. The molecular formula is C20H17N3O5. The highest BCUT2D eigenvalue weighted by Gasteiger charge is 2.50. The maximum absolute atomic E-state index is 13.0. The van der Waals surface area contributed by atoms with Crippen molar-refractivity contribution >= 4 is 23.3 Å². The standard InChI is InChI=1S/C20H17N3O5/c1-27-13-8-6-11(7-9-13)18(24)16-15-17(22-21-16)20(26)23(19(15)25)12-4-3-5-14(10-12)28-2/h3-10,17,21-22H,1-2H3/t17-/m0/s1. The largest absolute Gasteiger partial charge is 0.497 e. The second-order valence-electron chi connectivity index (χ2n) is 6.23. The minimum atomic E-state index is -0.920. The molecule has 2 aromatic rings. The van der Waals surface area contributed by atoms with E-state index in [1.54, 1.807) is 48.5 Å². The quantitative estimate of drug-likeness (QED) is 0.595. The van der Waals surface area contributed by atoms with Gasteiger partial charge in [0.2, 0.25) is 5.78 Å². The van der Waals surface area contributed by atoms with Crippen LogP contribution in [0.4, 0.5) is 5.69 Å². The van der Waals surface area contributed by atoms with Crippen LogP contribution in [0.1, 0.15) is 10.4 Å². The predicted octanol–water partition coefficient (Wildman–Crippen LogP) is 1.19. The number of anilines is 1. The van der Waals surface area contributed by atoms with Crippen LogP contribution in [0.2, 0.25) is 0 Å². The molecule has 0 unspecified atom stereocenters. The molecule has 2 aliphatic rings. The highest BCUT2D eigenvalue weighted by molar-refractivity contribution is 6.33. The smallest absolute Gasteiger partial charge is 0.265 e. The number of nitrogens with zero attached hydrogens (tertiary/aromatic N) is 1. The molecule has 0 radical (unpaired) electrons. The predicted molar refractivity (Wildman–Crippen MR) is 99.9 cm³/mol. The number of rotatable bonds is 5. The summed E-state index contributed by atoms with van der Waals surface area (Å²) >= 11 is 0. The third-order valence-electron chi connectivity index (χ3n) is 4.69. The van der Waals surface area contributed by atoms with Gasteiger partial charge >= 0.3 is 0 Å². The normalized spacial score (nSPS) is 18.2. The molecule has 2 N–H and O–H groups in total. The Morgan fingerprint density at radius 2 is 1.71 bits per heavy atom. The lowest BCUT2D eigenvalue weighted by molar-refractivity contribution is -0.121. The molecule has 2 heterocycles. The van der Waals surface area contributed by atoms with E-state index in [4.69, 9.17) is 9.47 Å². The highest BCUT2D eigenvalue weighted by Crippen LogP contribution is 2.32. The van der Waals surface area contributed by atoms with Gasteiger partial charge in [-0.15, -0.1) is 0 Å². The summed E-state index contributed by atoms with van der Waals surface area (Å²) in [6.07, 6.45) is 0. The number of ether oxygens (including phenoxy) is 2. The Labute approximate surface area is 160 Å². The summed E-state index contributed by atoms with van der Waals surface area (Å²) in [4.78, 5) is 39.7. The first-order valence-electron chi connectivity index (χ1n) is 8.52. The number of fused-ring (bicyclic) bond motifs is 1. The number of carbonyl (C=O) groups is 3. The number of ketones is 1. The van der Waals surface area contributed by atoms with E-state index >= 15 is 0 Å². The van der Waals surface area contributed by atoms with Crippen LogP contribution < -0.4 is 25.2 Å². The summed E-state index contributed by atoms with van der Waals surface area (Å²) < 4.78 is 10.3. The van der Waals surface area contributed by atoms with Crippen molar-refractivity contribution in [1.82, 2.24) is 10.9 Å². The van der Waals surface area contributed by atoms with Gasteiger partial charge in [0.1, 0.15) is 23.2 Å². The van der Waals surface area contributed by atoms with Crippen molar-refractivity contribution in [3.8, 4) is 11.5 Å². The minimum Gasteiger partial charge on any atom is -0.497 e. The number of hydrogen-bond acceptors (Lipinski definition) is 7. The molecule has 0 aromatic heterocycles. The Kier molecular flexibility index (Phi) is 4.32. The van der Waals surface area contributed by atoms with E-state index in [2.05, 4.69) is 10.9 Å². The van der Waals surface area contributed by atoms with E-state index < -0.39 is 17.9 Å². The second kappa shape index (κ2) is 6.82. The molecule has 28 heavy (non-hydrogen) atoms. The van der Waals surface area contributed by atoms with Crippen molar-refractivity contribution in [3.63, 3.8) is 0 Å². The SMILES string of the molecule is COc1ccc(C(=O)C2=C3C(=O)N(c4cccc(OC)c4)C(=O)[C@H]3NN2)cc1. The monoisotopic (exact) mass is 379 g/mol. The summed E-state index contributed by atoms with van der Waals surface area (Å²) in [6, 6.07) is 12.2. The van der Waals surface area contributed by atoms with Crippen molar-refractivity contribution in [2.24, 2.45) is 0 Å². The minimum absolute atomic E-state index is 0.0684. The maximum atomic E-state index is 13.0. The maximum Gasteiger partial charge on any atom is 0.265 e. The number of hydrogen-bond donors (Lipinski definition) is 2. The molecule has 0 aliphatic carbocycles. The number of allylic oxidation sites excluding steroid dienone is 1. The number of benzene rings is 2. The van der Waals surface area contributed by atoms with Crippen LogP contribution in [-0.2, 0) is 9.59 Å². The van der Waals surface area contributed by atoms with Gasteiger partial charge in [0.25, 0.3) is 11.8 Å². The van der Waals surface area contributed by atoms with Crippen LogP contribution in [0.25, 0.3) is 0 Å². The zero-order valence-corrected chi connectivity index (χ0v) is 15.2. The first kappa shape index (κ1) is 17.7. The highest BCUT2D eigenvalue weighted by atomic mass is 16.5. The third-order valence-corrected chi connectivity index (χ3v) is 4.69. The fraction of sp³-hybridized carbons (Fsp3) is 0.150. The van der Waals surface area contributed by atoms with Crippen LogP contribution in [0.3, 0.4) is 0 Å². The van der Waals surface area contributed by atoms with Crippen molar-refractivity contribution in [2.45, 2.75) is 6.04 Å². The second-order valence-corrected chi connectivity index (χ2v) is 6.23. The lowest BCUT2D eigenvalue weighted by atomic mass is 10.0. The number of methoxy groups -OCH3 is 2. The van der Waals surface area contributed by atoms with Crippen molar-refractivity contribution in [3.05, 3.63) is 65.4 Å². The van der Waals surface area contributed by atoms with Gasteiger partial charge in [-0.3, -0.25) is 14.4 Å². The zero-order chi connectivity index (χ0) is 19.8. The van der Waals surface area contributed by atoms with Crippen LogP contribution in [0, 0.1) is 0 Å². The number of nitrogens with one attached hydrogen (secondary N) is 2. The summed E-state index contributed by atoms with van der Waals surface area (Å²) in [7, 11) is 3.03. The van der Waals surface area contributed by atoms with Gasteiger partial charge in [-0.1, -0.05) is 6.07 Å². The van der Waals surface area contributed by atoms with Gasteiger partial charge < -0.3 is 14.9 Å². The van der Waals surface area contributed by atoms with E-state index in [0.29, 0.717) is 22.7 Å². The van der Waals surface area contributed by atoms with Gasteiger partial charge in [0.15, 0.2) is 0 Å². The summed E-state index contributed by atoms with van der Waals surface area (Å²) in [5.74, 6) is -0.261. The van der Waals surface area contributed by atoms with E-state index in [-0.39, 0.29) is 17.1 Å². The van der Waals surface area contributed by atoms with E-state index in [1.165, 1.54) is 14.2 Å². The number of imide groups is 1. The summed E-state index contributed by atoms with van der Waals surface area (Å²) in [6.45, 7) is 0. The van der Waals surface area contributed by atoms with Crippen LogP contribution in [0.5, 0.6) is 11.5 Å². The van der Waals surface area contributed by atoms with E-state index in [0.717, 1.165) is 4.90 Å². The number of hydrazine groups is 1. The van der Waals surface area contributed by atoms with Gasteiger partial charge in [-0.25, -0.2) is 10.3 Å². The molecule has 0 spiro atoms. The van der Waals surface area contributed by atoms with Crippen molar-refractivity contribution in [1.29, 1.82) is 0 Å². The molecule has 2 aromatic carbocycles. The van der Waals surface area contributed by atoms with Gasteiger partial charge in [-0.2, -0.15) is 0 Å². The van der Waals surface area contributed by atoms with Crippen molar-refractivity contribution in [2.75, 3.05) is 19.1 Å². The fourth-order valence-corrected chi connectivity index (χ4v) is 3.25. The molecule has 2 amide bonds. The fourth-order valence-electron chi connectivity index (χ4n) is 3.25. The molecule has 8 nitrogen and oxygen atoms in total. The third kappa shape index (κ3) is 2.71. The lowest BCUT2D eigenvalue weighted by Crippen LogP contribution is -2.42. The first-order valence-corrected chi connectivity index (χ1v) is 8.52. The topological polar surface area (TPSA) is 97.0 Å². The Bertz CT molecular complexity index is 1010. The molecule has 1 fully saturated rings. The van der Waals surface area contributed by atoms with Crippen LogP contribution >= 0.6 is 0 Å². The number of carbonyl (C=O) groups excluding carboxylic acids is 3. The Balaban J connectivity index is 1.71. The molecule has 142 valence electrons. The van der Waals surface area contributed by atoms with E-state index in [1.807, 2.05) is 0 Å². The average molecular weight is 379 g/mol. The van der Waals surface area contributed by atoms with E-state index in [9.17, 15) is 14.4 Å². The zero-order valence-electron chi connectivity index (χ0n) is 15.2. The first-order chi connectivity index (χ1) is 13.5. The Morgan fingerprint density at radius 1 is 1.00 bits per heavy atom. The summed E-state index contributed by atoms with van der Waals surface area (Å²) in [5, 5.41) is 0. The van der Waals surface area contributed by atoms with Crippen LogP contribution in [-0.4, -0.2) is 37.9 Å². The molecule has 2 aliphatic heterocycles. The molecule has 8 heteroatoms. The van der Waals surface area contributed by atoms with Crippen LogP contribution in [0.15, 0.2) is 59.8 Å². The van der Waals surface area contributed by atoms with Gasteiger partial charge in [0, 0.05) is 11.6 Å². The molecule has 1 atom stereocenters. The Morgan fingerprint density at radius 3 is 2.39 bits per heavy atom. The number of Topliss-reactive ketones (excluding diaryl/α,β-unsaturated/α-hetero) is 1. The van der Waals surface area contributed by atoms with Gasteiger partial charge in [-0.05, 0) is 36.4 Å². The molecule has 4 rings (SSSR count). The summed E-state index contributed by atoms with van der Waals surface area (Å²) in [5.41, 5.74) is 6.36. The molecule has 0 bridgehead atoms. The molecular weight excluding hydrogens is 362 g/mol. The molecule has 0 saturated carbocycles.